The van der Waals surface area contributed by atoms with Gasteiger partial charge in [0.25, 0.3) is 5.91 Å². The highest BCUT2D eigenvalue weighted by atomic mass is 16.5. The van der Waals surface area contributed by atoms with E-state index in [1.54, 1.807) is 18.2 Å². The third kappa shape index (κ3) is 5.98. The summed E-state index contributed by atoms with van der Waals surface area (Å²) in [5, 5.41) is 4.74. The molecule has 0 radical (unpaired) electrons. The Bertz CT molecular complexity index is 1040. The van der Waals surface area contributed by atoms with Crippen molar-refractivity contribution < 1.29 is 23.8 Å². The number of carbonyl (C=O) groups excluding carboxylic acids is 2. The number of amides is 1. The van der Waals surface area contributed by atoms with Gasteiger partial charge in [0.15, 0.2) is 18.1 Å². The molecule has 0 fully saturated rings. The lowest BCUT2D eigenvalue weighted by Crippen LogP contribution is -2.21. The van der Waals surface area contributed by atoms with Gasteiger partial charge in [0, 0.05) is 11.1 Å². The summed E-state index contributed by atoms with van der Waals surface area (Å²) in [6.07, 6.45) is 1.95. The Labute approximate surface area is 182 Å². The molecule has 1 amide bonds. The smallest absolute Gasteiger partial charge is 0.338 e. The van der Waals surface area contributed by atoms with Crippen LogP contribution in [0.5, 0.6) is 11.5 Å². The lowest BCUT2D eigenvalue weighted by atomic mass is 10.1. The van der Waals surface area contributed by atoms with Gasteiger partial charge in [0.1, 0.15) is 0 Å². The highest BCUT2D eigenvalue weighted by molar-refractivity contribution is 6.03. The second kappa shape index (κ2) is 11.0. The first-order valence-electron chi connectivity index (χ1n) is 10.5. The standard InChI is InChI=1S/C25H27NO5/c1-3-5-15-30-22-14-13-19(16-23(22)29-4-2)25(28)31-17-24(27)26-21-12-8-10-18-9-6-7-11-20(18)21/h6-14,16H,3-5,15,17H2,1-2H3,(H,26,27). The summed E-state index contributed by atoms with van der Waals surface area (Å²) in [6.45, 7) is 4.58. The van der Waals surface area contributed by atoms with Crippen LogP contribution >= 0.6 is 0 Å². The van der Waals surface area contributed by atoms with Gasteiger partial charge in [-0.1, -0.05) is 49.7 Å². The van der Waals surface area contributed by atoms with Crippen molar-refractivity contribution in [1.29, 1.82) is 0 Å². The molecule has 0 aliphatic heterocycles. The zero-order valence-corrected chi connectivity index (χ0v) is 17.9. The molecule has 0 heterocycles. The molecule has 1 N–H and O–H groups in total. The number of hydrogen-bond donors (Lipinski definition) is 1. The maximum absolute atomic E-state index is 12.4. The molecule has 0 aliphatic carbocycles. The molecule has 31 heavy (non-hydrogen) atoms. The Morgan fingerprint density at radius 1 is 0.903 bits per heavy atom. The van der Waals surface area contributed by atoms with Gasteiger partial charge in [0.05, 0.1) is 18.8 Å². The molecule has 6 nitrogen and oxygen atoms in total. The number of hydrogen-bond acceptors (Lipinski definition) is 5. The van der Waals surface area contributed by atoms with E-state index in [0.717, 1.165) is 23.6 Å². The minimum atomic E-state index is -0.603. The summed E-state index contributed by atoms with van der Waals surface area (Å²) in [5.74, 6) is 0.0530. The first-order valence-corrected chi connectivity index (χ1v) is 10.5. The minimum absolute atomic E-state index is 0.296. The lowest BCUT2D eigenvalue weighted by molar-refractivity contribution is -0.119. The fourth-order valence-corrected chi connectivity index (χ4v) is 3.08. The molecule has 0 aromatic heterocycles. The normalized spacial score (nSPS) is 10.5. The number of benzene rings is 3. The molecule has 0 unspecified atom stereocenters. The molecule has 162 valence electrons. The Balaban J connectivity index is 1.61. The molecular weight excluding hydrogens is 394 g/mol. The van der Waals surface area contributed by atoms with Crippen LogP contribution in [-0.4, -0.2) is 31.7 Å². The van der Waals surface area contributed by atoms with Crippen LogP contribution in [0, 0.1) is 0 Å². The van der Waals surface area contributed by atoms with Crippen molar-refractivity contribution in [2.45, 2.75) is 26.7 Å². The summed E-state index contributed by atoms with van der Waals surface area (Å²) in [6, 6.07) is 18.3. The Hall–Kier alpha value is -3.54. The van der Waals surface area contributed by atoms with Crippen molar-refractivity contribution in [3.05, 3.63) is 66.2 Å². The van der Waals surface area contributed by atoms with Crippen LogP contribution in [0.3, 0.4) is 0 Å². The van der Waals surface area contributed by atoms with Crippen molar-refractivity contribution >= 4 is 28.3 Å². The Kier molecular flexibility index (Phi) is 7.87. The number of esters is 1. The van der Waals surface area contributed by atoms with Gasteiger partial charge in [-0.3, -0.25) is 4.79 Å². The molecular formula is C25H27NO5. The van der Waals surface area contributed by atoms with Crippen LogP contribution in [0.2, 0.25) is 0 Å². The average molecular weight is 421 g/mol. The number of unbranched alkanes of at least 4 members (excludes halogenated alkanes) is 1. The predicted octanol–water partition coefficient (Wildman–Crippen LogP) is 5.21. The summed E-state index contributed by atoms with van der Waals surface area (Å²) >= 11 is 0. The zero-order valence-electron chi connectivity index (χ0n) is 17.9. The SMILES string of the molecule is CCCCOc1ccc(C(=O)OCC(=O)Nc2cccc3ccccc23)cc1OCC. The van der Waals surface area contributed by atoms with Crippen molar-refractivity contribution in [3.63, 3.8) is 0 Å². The molecule has 6 heteroatoms. The van der Waals surface area contributed by atoms with E-state index in [2.05, 4.69) is 12.2 Å². The molecule has 3 aromatic carbocycles. The van der Waals surface area contributed by atoms with E-state index >= 15 is 0 Å². The van der Waals surface area contributed by atoms with Gasteiger partial charge in [-0.25, -0.2) is 4.79 Å². The largest absolute Gasteiger partial charge is 0.490 e. The van der Waals surface area contributed by atoms with E-state index in [-0.39, 0.29) is 6.61 Å². The van der Waals surface area contributed by atoms with Crippen molar-refractivity contribution in [1.82, 2.24) is 0 Å². The van der Waals surface area contributed by atoms with Gasteiger partial charge in [0.2, 0.25) is 0 Å². The number of fused-ring (bicyclic) bond motifs is 1. The Morgan fingerprint density at radius 3 is 2.52 bits per heavy atom. The van der Waals surface area contributed by atoms with E-state index in [9.17, 15) is 9.59 Å². The first-order chi connectivity index (χ1) is 15.1. The zero-order chi connectivity index (χ0) is 22.1. The van der Waals surface area contributed by atoms with E-state index in [1.807, 2.05) is 49.4 Å². The van der Waals surface area contributed by atoms with Gasteiger partial charge in [-0.15, -0.1) is 0 Å². The molecule has 3 rings (SSSR count). The molecule has 3 aromatic rings. The second-order valence-corrected chi connectivity index (χ2v) is 6.95. The van der Waals surface area contributed by atoms with Crippen molar-refractivity contribution in [3.8, 4) is 11.5 Å². The van der Waals surface area contributed by atoms with Crippen LogP contribution in [0.4, 0.5) is 5.69 Å². The molecule has 0 saturated carbocycles. The summed E-state index contributed by atoms with van der Waals surface area (Å²) < 4.78 is 16.5. The first kappa shape index (κ1) is 22.2. The summed E-state index contributed by atoms with van der Waals surface area (Å²) in [5.41, 5.74) is 0.968. The summed E-state index contributed by atoms with van der Waals surface area (Å²) in [4.78, 5) is 24.8. The van der Waals surface area contributed by atoms with E-state index < -0.39 is 11.9 Å². The average Bonchev–Trinajstić information content (AvgIpc) is 2.79. The fourth-order valence-electron chi connectivity index (χ4n) is 3.08. The predicted molar refractivity (Wildman–Crippen MR) is 121 cm³/mol. The lowest BCUT2D eigenvalue weighted by Gasteiger charge is -2.13. The number of anilines is 1. The Morgan fingerprint density at radius 2 is 1.71 bits per heavy atom. The van der Waals surface area contributed by atoms with Crippen molar-refractivity contribution in [2.24, 2.45) is 0 Å². The van der Waals surface area contributed by atoms with Crippen LogP contribution < -0.4 is 14.8 Å². The molecule has 0 atom stereocenters. The van der Waals surface area contributed by atoms with Crippen LogP contribution in [-0.2, 0) is 9.53 Å². The van der Waals surface area contributed by atoms with E-state index in [4.69, 9.17) is 14.2 Å². The van der Waals surface area contributed by atoms with Crippen LogP contribution in [0.25, 0.3) is 10.8 Å². The van der Waals surface area contributed by atoms with Crippen LogP contribution in [0.1, 0.15) is 37.0 Å². The van der Waals surface area contributed by atoms with E-state index in [0.29, 0.717) is 36.0 Å². The number of ether oxygens (including phenoxy) is 3. The monoisotopic (exact) mass is 421 g/mol. The third-order valence-corrected chi connectivity index (χ3v) is 4.63. The molecule has 0 spiro atoms. The highest BCUT2D eigenvalue weighted by Gasteiger charge is 2.15. The van der Waals surface area contributed by atoms with Crippen molar-refractivity contribution in [2.75, 3.05) is 25.1 Å². The second-order valence-electron chi connectivity index (χ2n) is 6.95. The number of rotatable bonds is 10. The fraction of sp³-hybridized carbons (Fsp3) is 0.280. The molecule has 0 bridgehead atoms. The maximum atomic E-state index is 12.4. The minimum Gasteiger partial charge on any atom is -0.490 e. The van der Waals surface area contributed by atoms with Gasteiger partial charge in [-0.05, 0) is 43.0 Å². The quantitative estimate of drug-likeness (QED) is 0.359. The highest BCUT2D eigenvalue weighted by Crippen LogP contribution is 2.29. The molecule has 0 saturated heterocycles. The summed E-state index contributed by atoms with van der Waals surface area (Å²) in [7, 11) is 0. The van der Waals surface area contributed by atoms with Crippen LogP contribution in [0.15, 0.2) is 60.7 Å². The number of nitrogens with one attached hydrogen (secondary N) is 1. The molecule has 0 aliphatic rings. The van der Waals surface area contributed by atoms with Gasteiger partial charge < -0.3 is 19.5 Å². The van der Waals surface area contributed by atoms with Gasteiger partial charge in [-0.2, -0.15) is 0 Å². The van der Waals surface area contributed by atoms with E-state index in [1.165, 1.54) is 0 Å². The third-order valence-electron chi connectivity index (χ3n) is 4.63. The number of carbonyl (C=O) groups is 2. The van der Waals surface area contributed by atoms with Gasteiger partial charge >= 0.3 is 5.97 Å². The topological polar surface area (TPSA) is 73.9 Å². The maximum Gasteiger partial charge on any atom is 0.338 e.